The number of amides is 1. The van der Waals surface area contributed by atoms with E-state index >= 15 is 0 Å². The van der Waals surface area contributed by atoms with Gasteiger partial charge in [0, 0.05) is 6.54 Å². The van der Waals surface area contributed by atoms with Crippen LogP contribution < -0.4 is 5.32 Å². The maximum atomic E-state index is 13.9. The van der Waals surface area contributed by atoms with E-state index in [1.165, 1.54) is 6.07 Å². The maximum absolute atomic E-state index is 13.9. The monoisotopic (exact) mass is 299 g/mol. The van der Waals surface area contributed by atoms with E-state index in [1.54, 1.807) is 12.1 Å². The van der Waals surface area contributed by atoms with E-state index in [4.69, 9.17) is 0 Å². The molecule has 0 saturated carbocycles. The van der Waals surface area contributed by atoms with Gasteiger partial charge < -0.3 is 10.4 Å². The van der Waals surface area contributed by atoms with Gasteiger partial charge in [-0.3, -0.25) is 4.79 Å². The Labute approximate surface area is 128 Å². The molecule has 114 valence electrons. The quantitative estimate of drug-likeness (QED) is 0.910. The molecule has 0 aliphatic heterocycles. The molecule has 0 fully saturated rings. The molecule has 0 aromatic heterocycles. The lowest BCUT2D eigenvalue weighted by molar-refractivity contribution is -0.128. The number of hydrogen-bond acceptors (Lipinski definition) is 2. The van der Waals surface area contributed by atoms with E-state index in [1.807, 2.05) is 30.3 Å². The molecule has 2 N–H and O–H groups in total. The van der Waals surface area contributed by atoms with E-state index in [0.29, 0.717) is 30.5 Å². The van der Waals surface area contributed by atoms with Crippen LogP contribution in [-0.4, -0.2) is 17.6 Å². The number of aliphatic hydroxyl groups is 1. The first-order chi connectivity index (χ1) is 10.7. The molecule has 4 heteroatoms. The highest BCUT2D eigenvalue weighted by atomic mass is 19.1. The third-order valence-electron chi connectivity index (χ3n) is 4.44. The first-order valence-electron chi connectivity index (χ1n) is 7.38. The molecule has 3 rings (SSSR count). The summed E-state index contributed by atoms with van der Waals surface area (Å²) >= 11 is 0. The minimum absolute atomic E-state index is 0.247. The SMILES string of the molecule is O=C(NCc1ccccc1)C1(CO)CCc2c(F)cccc21. The normalized spacial score (nSPS) is 19.7. The standard InChI is InChI=1S/C18H18FNO2/c19-16-8-4-7-15-14(16)9-10-18(15,12-21)17(22)20-11-13-5-2-1-3-6-13/h1-8,21H,9-12H2,(H,20,22). The van der Waals surface area contributed by atoms with Crippen molar-refractivity contribution in [1.82, 2.24) is 5.32 Å². The van der Waals surface area contributed by atoms with Gasteiger partial charge in [-0.25, -0.2) is 4.39 Å². The molecule has 2 aromatic rings. The van der Waals surface area contributed by atoms with Crippen molar-refractivity contribution in [2.24, 2.45) is 0 Å². The number of rotatable bonds is 4. The van der Waals surface area contributed by atoms with Gasteiger partial charge in [0.05, 0.1) is 12.0 Å². The lowest BCUT2D eigenvalue weighted by Crippen LogP contribution is -2.45. The largest absolute Gasteiger partial charge is 0.395 e. The van der Waals surface area contributed by atoms with E-state index in [9.17, 15) is 14.3 Å². The van der Waals surface area contributed by atoms with Crippen LogP contribution in [0.15, 0.2) is 48.5 Å². The van der Waals surface area contributed by atoms with E-state index in [0.717, 1.165) is 5.56 Å². The summed E-state index contributed by atoms with van der Waals surface area (Å²) in [4.78, 5) is 12.7. The Hall–Kier alpha value is -2.20. The number of aliphatic hydroxyl groups excluding tert-OH is 1. The molecule has 1 unspecified atom stereocenters. The molecule has 3 nitrogen and oxygen atoms in total. The highest BCUT2D eigenvalue weighted by Gasteiger charge is 2.45. The number of hydrogen-bond donors (Lipinski definition) is 2. The van der Waals surface area contributed by atoms with Gasteiger partial charge in [0.25, 0.3) is 0 Å². The topological polar surface area (TPSA) is 49.3 Å². The lowest BCUT2D eigenvalue weighted by Gasteiger charge is -2.27. The summed E-state index contributed by atoms with van der Waals surface area (Å²) in [5, 5.41) is 12.7. The van der Waals surface area contributed by atoms with Crippen molar-refractivity contribution in [1.29, 1.82) is 0 Å². The molecule has 0 saturated heterocycles. The Kier molecular flexibility index (Phi) is 3.94. The van der Waals surface area contributed by atoms with Crippen LogP contribution in [0.2, 0.25) is 0 Å². The lowest BCUT2D eigenvalue weighted by atomic mass is 9.81. The second-order valence-corrected chi connectivity index (χ2v) is 5.67. The van der Waals surface area contributed by atoms with Crippen LogP contribution in [0, 0.1) is 5.82 Å². The average molecular weight is 299 g/mol. The molecule has 0 spiro atoms. The number of halogens is 1. The first-order valence-corrected chi connectivity index (χ1v) is 7.38. The van der Waals surface area contributed by atoms with Crippen LogP contribution in [0.4, 0.5) is 4.39 Å². The summed E-state index contributed by atoms with van der Waals surface area (Å²) in [5.74, 6) is -0.549. The molecule has 1 atom stereocenters. The molecule has 22 heavy (non-hydrogen) atoms. The molecule has 1 aliphatic rings. The predicted molar refractivity (Wildman–Crippen MR) is 81.8 cm³/mol. The van der Waals surface area contributed by atoms with Crippen LogP contribution in [0.1, 0.15) is 23.1 Å². The fourth-order valence-electron chi connectivity index (χ4n) is 3.15. The van der Waals surface area contributed by atoms with E-state index in [-0.39, 0.29) is 18.3 Å². The summed E-state index contributed by atoms with van der Waals surface area (Å²) < 4.78 is 13.9. The number of nitrogens with one attached hydrogen (secondary N) is 1. The third-order valence-corrected chi connectivity index (χ3v) is 4.44. The van der Waals surface area contributed by atoms with E-state index in [2.05, 4.69) is 5.32 Å². The molecule has 0 radical (unpaired) electrons. The second-order valence-electron chi connectivity index (χ2n) is 5.67. The Bertz CT molecular complexity index is 687. The Morgan fingerprint density at radius 2 is 1.95 bits per heavy atom. The minimum Gasteiger partial charge on any atom is -0.395 e. The summed E-state index contributed by atoms with van der Waals surface area (Å²) in [6.07, 6.45) is 0.904. The zero-order valence-electron chi connectivity index (χ0n) is 12.2. The maximum Gasteiger partial charge on any atom is 0.233 e. The number of carbonyl (C=O) groups is 1. The summed E-state index contributed by atoms with van der Waals surface area (Å²) in [5.41, 5.74) is 1.11. The molecule has 1 aliphatic carbocycles. The van der Waals surface area contributed by atoms with Crippen molar-refractivity contribution in [3.05, 3.63) is 71.0 Å². The average Bonchev–Trinajstić information content (AvgIpc) is 2.95. The zero-order chi connectivity index (χ0) is 15.6. The summed E-state index contributed by atoms with van der Waals surface area (Å²) in [7, 11) is 0. The van der Waals surface area contributed by atoms with Gasteiger partial charge in [-0.2, -0.15) is 0 Å². The van der Waals surface area contributed by atoms with Crippen LogP contribution in [0.5, 0.6) is 0 Å². The van der Waals surface area contributed by atoms with Crippen molar-refractivity contribution >= 4 is 5.91 Å². The van der Waals surface area contributed by atoms with Crippen molar-refractivity contribution in [3.8, 4) is 0 Å². The number of fused-ring (bicyclic) bond motifs is 1. The summed E-state index contributed by atoms with van der Waals surface area (Å²) in [6, 6.07) is 14.3. The van der Waals surface area contributed by atoms with Gasteiger partial charge in [-0.1, -0.05) is 42.5 Å². The van der Waals surface area contributed by atoms with Gasteiger partial charge in [0.2, 0.25) is 5.91 Å². The highest BCUT2D eigenvalue weighted by Crippen LogP contribution is 2.40. The zero-order valence-corrected chi connectivity index (χ0v) is 12.2. The Balaban J connectivity index is 1.83. The van der Waals surface area contributed by atoms with Crippen molar-refractivity contribution in [2.75, 3.05) is 6.61 Å². The van der Waals surface area contributed by atoms with Gasteiger partial charge in [-0.05, 0) is 35.6 Å². The Morgan fingerprint density at radius 1 is 1.18 bits per heavy atom. The van der Waals surface area contributed by atoms with Crippen molar-refractivity contribution in [2.45, 2.75) is 24.8 Å². The van der Waals surface area contributed by atoms with Gasteiger partial charge in [0.1, 0.15) is 5.82 Å². The van der Waals surface area contributed by atoms with Gasteiger partial charge >= 0.3 is 0 Å². The summed E-state index contributed by atoms with van der Waals surface area (Å²) in [6.45, 7) is 0.0795. The van der Waals surface area contributed by atoms with Crippen molar-refractivity contribution in [3.63, 3.8) is 0 Å². The molecule has 0 bridgehead atoms. The molecule has 2 aromatic carbocycles. The number of benzene rings is 2. The van der Waals surface area contributed by atoms with E-state index < -0.39 is 5.41 Å². The molecular formula is C18H18FNO2. The van der Waals surface area contributed by atoms with Crippen LogP contribution in [0.3, 0.4) is 0 Å². The van der Waals surface area contributed by atoms with Crippen LogP contribution in [0.25, 0.3) is 0 Å². The molecule has 1 amide bonds. The highest BCUT2D eigenvalue weighted by molar-refractivity contribution is 5.89. The smallest absolute Gasteiger partial charge is 0.233 e. The predicted octanol–water partition coefficient (Wildman–Crippen LogP) is 2.32. The Morgan fingerprint density at radius 3 is 2.68 bits per heavy atom. The minimum atomic E-state index is -1.04. The third kappa shape index (κ3) is 2.40. The van der Waals surface area contributed by atoms with Crippen LogP contribution >= 0.6 is 0 Å². The van der Waals surface area contributed by atoms with Gasteiger partial charge in [0.15, 0.2) is 0 Å². The molecule has 0 heterocycles. The molecular weight excluding hydrogens is 281 g/mol. The van der Waals surface area contributed by atoms with Crippen LogP contribution in [-0.2, 0) is 23.2 Å². The fourth-order valence-corrected chi connectivity index (χ4v) is 3.15. The number of carbonyl (C=O) groups excluding carboxylic acids is 1. The van der Waals surface area contributed by atoms with Gasteiger partial charge in [-0.15, -0.1) is 0 Å². The second kappa shape index (κ2) is 5.89. The van der Waals surface area contributed by atoms with Crippen molar-refractivity contribution < 1.29 is 14.3 Å². The first kappa shape index (κ1) is 14.7. The fraction of sp³-hybridized carbons (Fsp3) is 0.278.